The lowest BCUT2D eigenvalue weighted by atomic mass is 10.2. The first-order chi connectivity index (χ1) is 11.5. The third-order valence-electron chi connectivity index (χ3n) is 3.64. The lowest BCUT2D eigenvalue weighted by Gasteiger charge is -2.15. The number of amides is 1. The summed E-state index contributed by atoms with van der Waals surface area (Å²) in [6.45, 7) is 0.0918. The largest absolute Gasteiger partial charge is 0.466 e. The number of aromatic nitrogens is 1. The van der Waals surface area contributed by atoms with Crippen molar-refractivity contribution in [3.8, 4) is 0 Å². The number of hydrogen-bond acceptors (Lipinski definition) is 7. The second kappa shape index (κ2) is 6.71. The molecular weight excluding hydrogens is 350 g/mol. The van der Waals surface area contributed by atoms with E-state index < -0.39 is 5.97 Å². The highest BCUT2D eigenvalue weighted by molar-refractivity contribution is 7.73. The molecule has 0 saturated heterocycles. The third kappa shape index (κ3) is 3.05. The molecule has 126 valence electrons. The van der Waals surface area contributed by atoms with Crippen LogP contribution >= 0.6 is 23.6 Å². The van der Waals surface area contributed by atoms with E-state index >= 15 is 0 Å². The lowest BCUT2D eigenvalue weighted by Crippen LogP contribution is -2.31. The number of thiazole rings is 1. The van der Waals surface area contributed by atoms with Crippen molar-refractivity contribution in [1.29, 1.82) is 0 Å². The molecule has 0 aliphatic carbocycles. The number of H-pyrrole nitrogens is 1. The Morgan fingerprint density at radius 2 is 2.33 bits per heavy atom. The standard InChI is InChI=1S/C15H15N3O4S2/c1-22-14(21)9-7-18(4-5-19)13(20)12(9)16-8-2-3-10-11(6-8)24-15(23)17-10/h2-3,6,16,19H,4-5,7H2,1H3,(H,17,23). The van der Waals surface area contributed by atoms with E-state index in [9.17, 15) is 9.59 Å². The molecular formula is C15H15N3O4S2. The molecule has 1 aliphatic heterocycles. The normalized spacial score (nSPS) is 14.6. The first-order valence-electron chi connectivity index (χ1n) is 7.15. The molecule has 0 spiro atoms. The number of methoxy groups -OCH3 is 1. The van der Waals surface area contributed by atoms with E-state index in [0.717, 1.165) is 10.2 Å². The van der Waals surface area contributed by atoms with Crippen molar-refractivity contribution < 1.29 is 19.4 Å². The molecule has 2 aromatic rings. The van der Waals surface area contributed by atoms with Gasteiger partial charge in [0.1, 0.15) is 5.70 Å². The molecule has 3 rings (SSSR count). The Labute approximate surface area is 146 Å². The van der Waals surface area contributed by atoms with Crippen LogP contribution in [0.25, 0.3) is 10.2 Å². The van der Waals surface area contributed by atoms with Gasteiger partial charge in [0.15, 0.2) is 3.95 Å². The quantitative estimate of drug-likeness (QED) is 0.551. The molecule has 0 saturated carbocycles. The monoisotopic (exact) mass is 365 g/mol. The SMILES string of the molecule is COC(=O)C1=C(Nc2ccc3[nH]c(=S)sc3c2)C(=O)N(CCO)C1. The number of ether oxygens (including phenoxy) is 1. The molecule has 2 heterocycles. The molecule has 1 aromatic heterocycles. The number of benzene rings is 1. The molecule has 0 atom stereocenters. The zero-order valence-electron chi connectivity index (χ0n) is 12.8. The summed E-state index contributed by atoms with van der Waals surface area (Å²) in [4.78, 5) is 28.9. The summed E-state index contributed by atoms with van der Waals surface area (Å²) < 4.78 is 6.37. The molecule has 24 heavy (non-hydrogen) atoms. The second-order valence-corrected chi connectivity index (χ2v) is 6.86. The number of carbonyl (C=O) groups is 2. The predicted octanol–water partition coefficient (Wildman–Crippen LogP) is 1.63. The summed E-state index contributed by atoms with van der Waals surface area (Å²) in [6.07, 6.45) is 0. The van der Waals surface area contributed by atoms with E-state index in [-0.39, 0.29) is 36.9 Å². The van der Waals surface area contributed by atoms with Crippen molar-refractivity contribution in [2.24, 2.45) is 0 Å². The van der Waals surface area contributed by atoms with Crippen molar-refractivity contribution in [3.05, 3.63) is 33.4 Å². The second-order valence-electron chi connectivity index (χ2n) is 5.15. The minimum atomic E-state index is -0.565. The van der Waals surface area contributed by atoms with Crippen LogP contribution in [0, 0.1) is 3.95 Å². The van der Waals surface area contributed by atoms with E-state index in [2.05, 4.69) is 10.3 Å². The van der Waals surface area contributed by atoms with Crippen LogP contribution in [0.4, 0.5) is 5.69 Å². The molecule has 3 N–H and O–H groups in total. The van der Waals surface area contributed by atoms with Crippen LogP contribution in [0.5, 0.6) is 0 Å². The van der Waals surface area contributed by atoms with Crippen LogP contribution < -0.4 is 5.32 Å². The summed E-state index contributed by atoms with van der Waals surface area (Å²) in [7, 11) is 1.27. The Morgan fingerprint density at radius 1 is 1.54 bits per heavy atom. The number of hydrogen-bond donors (Lipinski definition) is 3. The fourth-order valence-corrected chi connectivity index (χ4v) is 3.67. The molecule has 0 radical (unpaired) electrons. The maximum absolute atomic E-state index is 12.5. The van der Waals surface area contributed by atoms with Crippen LogP contribution in [-0.2, 0) is 14.3 Å². The number of aromatic amines is 1. The first kappa shape index (κ1) is 16.6. The highest BCUT2D eigenvalue weighted by atomic mass is 32.1. The van der Waals surface area contributed by atoms with Crippen molar-refractivity contribution in [3.63, 3.8) is 0 Å². The Kier molecular flexibility index (Phi) is 4.65. The summed E-state index contributed by atoms with van der Waals surface area (Å²) in [6, 6.07) is 5.51. The zero-order valence-corrected chi connectivity index (χ0v) is 14.4. The van der Waals surface area contributed by atoms with Crippen molar-refractivity contribution >= 4 is 51.3 Å². The van der Waals surface area contributed by atoms with Gasteiger partial charge >= 0.3 is 5.97 Å². The minimum absolute atomic E-state index is 0.111. The van der Waals surface area contributed by atoms with Gasteiger partial charge in [0.05, 0.1) is 36.1 Å². The predicted molar refractivity (Wildman–Crippen MR) is 93.3 cm³/mol. The van der Waals surface area contributed by atoms with Crippen LogP contribution in [0.1, 0.15) is 0 Å². The van der Waals surface area contributed by atoms with Gasteiger partial charge in [-0.1, -0.05) is 0 Å². The fourth-order valence-electron chi connectivity index (χ4n) is 2.52. The average Bonchev–Trinajstić information content (AvgIpc) is 3.08. The number of rotatable bonds is 5. The van der Waals surface area contributed by atoms with Crippen molar-refractivity contribution in [1.82, 2.24) is 9.88 Å². The Bertz CT molecular complexity index is 900. The summed E-state index contributed by atoms with van der Waals surface area (Å²) in [5.74, 6) is -0.907. The lowest BCUT2D eigenvalue weighted by molar-refractivity contribution is -0.136. The van der Waals surface area contributed by atoms with Crippen LogP contribution in [-0.4, -0.2) is 53.7 Å². The van der Waals surface area contributed by atoms with E-state index in [4.69, 9.17) is 22.1 Å². The fraction of sp³-hybridized carbons (Fsp3) is 0.267. The highest BCUT2D eigenvalue weighted by Crippen LogP contribution is 2.27. The molecule has 0 fully saturated rings. The number of fused-ring (bicyclic) bond motifs is 1. The van der Waals surface area contributed by atoms with Gasteiger partial charge in [-0.05, 0) is 30.4 Å². The van der Waals surface area contributed by atoms with Crippen LogP contribution in [0.3, 0.4) is 0 Å². The number of carbonyl (C=O) groups excluding carboxylic acids is 2. The van der Waals surface area contributed by atoms with Gasteiger partial charge in [0.25, 0.3) is 5.91 Å². The first-order valence-corrected chi connectivity index (χ1v) is 8.37. The highest BCUT2D eigenvalue weighted by Gasteiger charge is 2.34. The number of esters is 1. The zero-order chi connectivity index (χ0) is 17.3. The van der Waals surface area contributed by atoms with Crippen LogP contribution in [0.2, 0.25) is 0 Å². The van der Waals surface area contributed by atoms with Gasteiger partial charge in [0, 0.05) is 12.2 Å². The Balaban J connectivity index is 1.94. The van der Waals surface area contributed by atoms with Gasteiger partial charge in [-0.3, -0.25) is 4.79 Å². The van der Waals surface area contributed by atoms with Gasteiger partial charge in [-0.25, -0.2) is 4.79 Å². The van der Waals surface area contributed by atoms with Gasteiger partial charge in [0.2, 0.25) is 0 Å². The van der Waals surface area contributed by atoms with E-state index in [0.29, 0.717) is 9.64 Å². The van der Waals surface area contributed by atoms with Crippen molar-refractivity contribution in [2.75, 3.05) is 32.1 Å². The Hall–Kier alpha value is -2.23. The van der Waals surface area contributed by atoms with E-state index in [1.165, 1.54) is 23.3 Å². The minimum Gasteiger partial charge on any atom is -0.466 e. The van der Waals surface area contributed by atoms with E-state index in [1.807, 2.05) is 12.1 Å². The van der Waals surface area contributed by atoms with Gasteiger partial charge in [-0.15, -0.1) is 11.3 Å². The van der Waals surface area contributed by atoms with Gasteiger partial charge < -0.3 is 25.0 Å². The average molecular weight is 365 g/mol. The molecule has 0 bridgehead atoms. The molecule has 9 heteroatoms. The topological polar surface area (TPSA) is 94.7 Å². The molecule has 0 unspecified atom stereocenters. The molecule has 1 aliphatic rings. The molecule has 1 amide bonds. The van der Waals surface area contributed by atoms with Gasteiger partial charge in [-0.2, -0.15) is 0 Å². The third-order valence-corrected chi connectivity index (χ3v) is 4.84. The summed E-state index contributed by atoms with van der Waals surface area (Å²) in [5, 5.41) is 12.1. The summed E-state index contributed by atoms with van der Waals surface area (Å²) >= 11 is 6.55. The number of aliphatic hydroxyl groups excluding tert-OH is 1. The maximum Gasteiger partial charge on any atom is 0.337 e. The Morgan fingerprint density at radius 3 is 3.04 bits per heavy atom. The number of anilines is 1. The molecule has 1 aromatic carbocycles. The molecule has 7 nitrogen and oxygen atoms in total. The number of nitrogens with one attached hydrogen (secondary N) is 2. The van der Waals surface area contributed by atoms with Crippen LogP contribution in [0.15, 0.2) is 29.5 Å². The van der Waals surface area contributed by atoms with E-state index in [1.54, 1.807) is 6.07 Å². The number of β-amino-alcohol motifs (C(OH)–C–C–N with tert-alkyl or cyclic N) is 1. The maximum atomic E-state index is 12.5. The number of aliphatic hydroxyl groups is 1. The van der Waals surface area contributed by atoms with Crippen molar-refractivity contribution in [2.45, 2.75) is 0 Å². The summed E-state index contributed by atoms with van der Waals surface area (Å²) in [5.41, 5.74) is 2.01. The number of nitrogens with zero attached hydrogens (tertiary/aromatic N) is 1. The smallest absolute Gasteiger partial charge is 0.337 e.